The Balaban J connectivity index is 4.36. The van der Waals surface area contributed by atoms with Gasteiger partial charge in [-0.05, 0) is 70.6 Å². The number of allylic oxidation sites excluding steroid dienone is 6. The van der Waals surface area contributed by atoms with Crippen LogP contribution in [0.4, 0.5) is 0 Å². The van der Waals surface area contributed by atoms with Crippen molar-refractivity contribution in [3.63, 3.8) is 0 Å². The number of ether oxygens (including phenoxy) is 3. The summed E-state index contributed by atoms with van der Waals surface area (Å²) in [6, 6.07) is 0. The largest absolute Gasteiger partial charge is 0.462 e. The Kier molecular flexibility index (Phi) is 47.3. The molecule has 1 unspecified atom stereocenters. The summed E-state index contributed by atoms with van der Waals surface area (Å²) < 4.78 is 16.8. The Bertz CT molecular complexity index is 1020. The first-order chi connectivity index (χ1) is 29.5. The number of carbonyl (C=O) groups is 3. The molecule has 0 fully saturated rings. The van der Waals surface area contributed by atoms with Crippen molar-refractivity contribution in [2.75, 3.05) is 13.2 Å². The fourth-order valence-corrected chi connectivity index (χ4v) is 7.48. The van der Waals surface area contributed by atoms with Crippen LogP contribution in [0.15, 0.2) is 36.5 Å². The van der Waals surface area contributed by atoms with E-state index in [-0.39, 0.29) is 31.1 Å². The lowest BCUT2D eigenvalue weighted by Gasteiger charge is -2.18. The average Bonchev–Trinajstić information content (AvgIpc) is 3.24. The maximum Gasteiger partial charge on any atom is 0.306 e. The van der Waals surface area contributed by atoms with E-state index in [2.05, 4.69) is 57.2 Å². The number of esters is 3. The van der Waals surface area contributed by atoms with Gasteiger partial charge in [0.2, 0.25) is 0 Å². The van der Waals surface area contributed by atoms with Crippen molar-refractivity contribution in [2.24, 2.45) is 0 Å². The van der Waals surface area contributed by atoms with Crippen LogP contribution in [0.5, 0.6) is 0 Å². The summed E-state index contributed by atoms with van der Waals surface area (Å²) in [6.45, 7) is 6.52. The Morgan fingerprint density at radius 3 is 1.03 bits per heavy atom. The molecular formula is C54H98O6. The summed E-state index contributed by atoms with van der Waals surface area (Å²) in [6.07, 6.45) is 57.0. The van der Waals surface area contributed by atoms with E-state index >= 15 is 0 Å². The van der Waals surface area contributed by atoms with Gasteiger partial charge >= 0.3 is 17.9 Å². The molecule has 60 heavy (non-hydrogen) atoms. The van der Waals surface area contributed by atoms with Crippen molar-refractivity contribution >= 4 is 17.9 Å². The molecule has 0 heterocycles. The normalized spacial score (nSPS) is 12.2. The van der Waals surface area contributed by atoms with Gasteiger partial charge in [0.05, 0.1) is 0 Å². The zero-order valence-corrected chi connectivity index (χ0v) is 40.0. The predicted molar refractivity (Wildman–Crippen MR) is 256 cm³/mol. The second-order valence-corrected chi connectivity index (χ2v) is 17.4. The van der Waals surface area contributed by atoms with Gasteiger partial charge in [-0.3, -0.25) is 14.4 Å². The van der Waals surface area contributed by atoms with E-state index in [0.29, 0.717) is 19.3 Å². The SMILES string of the molecule is CC/C=C\C/C=C\CCCCCCCC(=O)OCC(COC(=O)CCCCCCCCCCCCCCCCCC)OC(=O)CCCCC/C=C\CCCCCCCCC. The highest BCUT2D eigenvalue weighted by Gasteiger charge is 2.19. The van der Waals surface area contributed by atoms with Crippen molar-refractivity contribution < 1.29 is 28.6 Å². The van der Waals surface area contributed by atoms with Gasteiger partial charge in [0.15, 0.2) is 6.10 Å². The summed E-state index contributed by atoms with van der Waals surface area (Å²) >= 11 is 0. The van der Waals surface area contributed by atoms with E-state index in [0.717, 1.165) is 96.3 Å². The number of hydrogen-bond acceptors (Lipinski definition) is 6. The standard InChI is InChI=1S/C54H98O6/c1-4-7-10-13-16-19-22-25-27-28-30-32-35-38-41-44-47-53(56)59-50-51(49-58-52(55)46-43-40-37-34-31-24-21-18-15-12-9-6-3)60-54(57)48-45-42-39-36-33-29-26-23-20-17-14-11-8-5-2/h9,12,18,21,29,33,51H,4-8,10-11,13-17,19-20,22-28,30-32,34-50H2,1-3H3/b12-9-,21-18-,33-29-. The van der Waals surface area contributed by atoms with Crippen molar-refractivity contribution in [1.29, 1.82) is 0 Å². The maximum absolute atomic E-state index is 12.8. The Labute approximate surface area is 372 Å². The molecule has 0 aliphatic carbocycles. The fraction of sp³-hybridized carbons (Fsp3) is 0.833. The highest BCUT2D eigenvalue weighted by molar-refractivity contribution is 5.71. The van der Waals surface area contributed by atoms with Crippen LogP contribution in [0.1, 0.15) is 271 Å². The Morgan fingerprint density at radius 2 is 0.650 bits per heavy atom. The predicted octanol–water partition coefficient (Wildman–Crippen LogP) is 16.9. The van der Waals surface area contributed by atoms with E-state index in [1.165, 1.54) is 135 Å². The van der Waals surface area contributed by atoms with Gasteiger partial charge in [0.1, 0.15) is 13.2 Å². The molecule has 0 saturated heterocycles. The highest BCUT2D eigenvalue weighted by Crippen LogP contribution is 2.16. The van der Waals surface area contributed by atoms with Crippen molar-refractivity contribution in [3.8, 4) is 0 Å². The third-order valence-corrected chi connectivity index (χ3v) is 11.4. The summed E-state index contributed by atoms with van der Waals surface area (Å²) in [5.41, 5.74) is 0. The van der Waals surface area contributed by atoms with Gasteiger partial charge in [-0.2, -0.15) is 0 Å². The molecule has 0 spiro atoms. The zero-order valence-electron chi connectivity index (χ0n) is 40.0. The van der Waals surface area contributed by atoms with Crippen LogP contribution in [-0.2, 0) is 28.6 Å². The maximum atomic E-state index is 12.8. The Morgan fingerprint density at radius 1 is 0.350 bits per heavy atom. The van der Waals surface area contributed by atoms with Gasteiger partial charge in [-0.1, -0.05) is 218 Å². The molecule has 0 aliphatic heterocycles. The molecule has 6 nitrogen and oxygen atoms in total. The monoisotopic (exact) mass is 843 g/mol. The molecule has 0 rings (SSSR count). The minimum atomic E-state index is -0.781. The molecule has 0 aromatic rings. The van der Waals surface area contributed by atoms with Gasteiger partial charge < -0.3 is 14.2 Å². The van der Waals surface area contributed by atoms with Gasteiger partial charge in [0.25, 0.3) is 0 Å². The lowest BCUT2D eigenvalue weighted by atomic mass is 10.0. The molecular weight excluding hydrogens is 745 g/mol. The second-order valence-electron chi connectivity index (χ2n) is 17.4. The number of hydrogen-bond donors (Lipinski definition) is 0. The molecule has 0 aromatic carbocycles. The van der Waals surface area contributed by atoms with Crippen LogP contribution >= 0.6 is 0 Å². The lowest BCUT2D eigenvalue weighted by Crippen LogP contribution is -2.30. The summed E-state index contributed by atoms with van der Waals surface area (Å²) in [4.78, 5) is 37.9. The quantitative estimate of drug-likeness (QED) is 0.0263. The van der Waals surface area contributed by atoms with Gasteiger partial charge in [0, 0.05) is 19.3 Å². The van der Waals surface area contributed by atoms with Crippen molar-refractivity contribution in [3.05, 3.63) is 36.5 Å². The van der Waals surface area contributed by atoms with E-state index < -0.39 is 6.10 Å². The van der Waals surface area contributed by atoms with Gasteiger partial charge in [-0.25, -0.2) is 0 Å². The first-order valence-electron chi connectivity index (χ1n) is 26.0. The summed E-state index contributed by atoms with van der Waals surface area (Å²) in [5, 5.41) is 0. The van der Waals surface area contributed by atoms with Crippen LogP contribution in [0, 0.1) is 0 Å². The minimum absolute atomic E-state index is 0.0798. The molecule has 6 heteroatoms. The molecule has 0 N–H and O–H groups in total. The zero-order chi connectivity index (χ0) is 43.7. The number of rotatable bonds is 47. The number of carbonyl (C=O) groups excluding carboxylic acids is 3. The van der Waals surface area contributed by atoms with Crippen LogP contribution in [0.25, 0.3) is 0 Å². The first kappa shape index (κ1) is 57.6. The summed E-state index contributed by atoms with van der Waals surface area (Å²) in [5.74, 6) is -0.901. The fourth-order valence-electron chi connectivity index (χ4n) is 7.48. The molecule has 1 atom stereocenters. The van der Waals surface area contributed by atoms with E-state index in [1.807, 2.05) is 0 Å². The van der Waals surface area contributed by atoms with Crippen LogP contribution in [0.2, 0.25) is 0 Å². The summed E-state index contributed by atoms with van der Waals surface area (Å²) in [7, 11) is 0. The van der Waals surface area contributed by atoms with Crippen LogP contribution in [-0.4, -0.2) is 37.2 Å². The highest BCUT2D eigenvalue weighted by atomic mass is 16.6. The molecule has 0 radical (unpaired) electrons. The molecule has 0 aromatic heterocycles. The third-order valence-electron chi connectivity index (χ3n) is 11.4. The van der Waals surface area contributed by atoms with Gasteiger partial charge in [-0.15, -0.1) is 0 Å². The average molecular weight is 843 g/mol. The molecule has 0 aliphatic rings. The molecule has 0 bridgehead atoms. The minimum Gasteiger partial charge on any atom is -0.462 e. The third kappa shape index (κ3) is 46.7. The first-order valence-corrected chi connectivity index (χ1v) is 26.0. The molecule has 0 saturated carbocycles. The van der Waals surface area contributed by atoms with E-state index in [9.17, 15) is 14.4 Å². The van der Waals surface area contributed by atoms with E-state index in [4.69, 9.17) is 14.2 Å². The lowest BCUT2D eigenvalue weighted by molar-refractivity contribution is -0.167. The topological polar surface area (TPSA) is 78.9 Å². The van der Waals surface area contributed by atoms with Crippen molar-refractivity contribution in [2.45, 2.75) is 277 Å². The number of unbranched alkanes of at least 4 members (excludes halogenated alkanes) is 30. The molecule has 0 amide bonds. The Hall–Kier alpha value is -2.37. The molecule has 350 valence electrons. The van der Waals surface area contributed by atoms with E-state index in [1.54, 1.807) is 0 Å². The van der Waals surface area contributed by atoms with Crippen molar-refractivity contribution in [1.82, 2.24) is 0 Å². The van der Waals surface area contributed by atoms with Crippen LogP contribution < -0.4 is 0 Å². The van der Waals surface area contributed by atoms with Crippen LogP contribution in [0.3, 0.4) is 0 Å². The smallest absolute Gasteiger partial charge is 0.306 e. The second kappa shape index (κ2) is 49.3.